The number of benzene rings is 1. The van der Waals surface area contributed by atoms with Crippen LogP contribution in [-0.2, 0) is 4.79 Å². The van der Waals surface area contributed by atoms with Crippen molar-refractivity contribution < 1.29 is 14.5 Å². The molecule has 2 N–H and O–H groups in total. The Hall–Kier alpha value is -2.64. The summed E-state index contributed by atoms with van der Waals surface area (Å²) in [6, 6.07) is 4.97. The second kappa shape index (κ2) is 8.80. The maximum absolute atomic E-state index is 12.5. The van der Waals surface area contributed by atoms with Gasteiger partial charge < -0.3 is 15.5 Å². The second-order valence-corrected chi connectivity index (χ2v) is 8.51. The molecular weight excluding hydrogens is 372 g/mol. The molecule has 0 aromatic heterocycles. The topological polar surface area (TPSA) is 105 Å². The van der Waals surface area contributed by atoms with E-state index in [2.05, 4.69) is 24.5 Å². The van der Waals surface area contributed by atoms with Crippen molar-refractivity contribution in [1.29, 1.82) is 0 Å². The van der Waals surface area contributed by atoms with E-state index < -0.39 is 4.92 Å². The van der Waals surface area contributed by atoms with E-state index in [0.29, 0.717) is 43.1 Å². The molecule has 1 heterocycles. The van der Waals surface area contributed by atoms with Crippen LogP contribution < -0.4 is 15.5 Å². The van der Waals surface area contributed by atoms with Gasteiger partial charge >= 0.3 is 0 Å². The fraction of sp³-hybridized carbons (Fsp3) is 0.619. The number of rotatable bonds is 7. The Morgan fingerprint density at radius 3 is 2.34 bits per heavy atom. The van der Waals surface area contributed by atoms with Crippen molar-refractivity contribution in [3.05, 3.63) is 33.9 Å². The Balaban J connectivity index is 1.65. The summed E-state index contributed by atoms with van der Waals surface area (Å²) in [5.74, 6) is 0.0941. The fourth-order valence-electron chi connectivity index (χ4n) is 3.47. The van der Waals surface area contributed by atoms with E-state index in [4.69, 9.17) is 0 Å². The second-order valence-electron chi connectivity index (χ2n) is 8.51. The van der Waals surface area contributed by atoms with Crippen LogP contribution in [-0.4, -0.2) is 41.9 Å². The normalized spacial score (nSPS) is 18.4. The highest BCUT2D eigenvalue weighted by Gasteiger charge is 2.30. The minimum absolute atomic E-state index is 0.0624. The van der Waals surface area contributed by atoms with Crippen molar-refractivity contribution in [2.75, 3.05) is 18.0 Å². The Morgan fingerprint density at radius 1 is 1.14 bits per heavy atom. The molecule has 158 valence electrons. The number of nitrogens with zero attached hydrogens (tertiary/aromatic N) is 2. The highest BCUT2D eigenvalue weighted by molar-refractivity contribution is 5.96. The van der Waals surface area contributed by atoms with E-state index in [1.54, 1.807) is 12.1 Å². The van der Waals surface area contributed by atoms with Gasteiger partial charge in [-0.3, -0.25) is 19.7 Å². The first-order valence-electron chi connectivity index (χ1n) is 10.4. The molecule has 1 aromatic rings. The van der Waals surface area contributed by atoms with Gasteiger partial charge in [-0.2, -0.15) is 0 Å². The van der Waals surface area contributed by atoms with Gasteiger partial charge in [0.25, 0.3) is 11.6 Å². The number of hydrogen-bond donors (Lipinski definition) is 2. The standard InChI is InChI=1S/C21H30N4O4/c1-13(2)14(3)22-20(26)15-8-10-24(11-9-15)18-7-4-16(12-19(18)25(28)29)21(27)23-17-5-6-17/h4,7,12-15,17H,5-6,8-11H2,1-3H3,(H,22,26)(H,23,27). The van der Waals surface area contributed by atoms with E-state index in [-0.39, 0.29) is 35.5 Å². The molecule has 2 amide bonds. The van der Waals surface area contributed by atoms with Crippen LogP contribution in [0.5, 0.6) is 0 Å². The summed E-state index contributed by atoms with van der Waals surface area (Å²) < 4.78 is 0. The van der Waals surface area contributed by atoms with Gasteiger partial charge in [-0.05, 0) is 50.7 Å². The molecule has 1 unspecified atom stereocenters. The monoisotopic (exact) mass is 402 g/mol. The van der Waals surface area contributed by atoms with Gasteiger partial charge in [0.15, 0.2) is 0 Å². The number of carbonyl (C=O) groups excluding carboxylic acids is 2. The zero-order valence-electron chi connectivity index (χ0n) is 17.3. The largest absolute Gasteiger partial charge is 0.366 e. The SMILES string of the molecule is CC(C)C(C)NC(=O)C1CCN(c2ccc(C(=O)NC3CC3)cc2[N+](=O)[O-])CC1. The van der Waals surface area contributed by atoms with Crippen LogP contribution in [0, 0.1) is 22.0 Å². The van der Waals surface area contributed by atoms with Crippen LogP contribution >= 0.6 is 0 Å². The quantitative estimate of drug-likeness (QED) is 0.539. The minimum Gasteiger partial charge on any atom is -0.366 e. The number of amides is 2. The molecule has 3 rings (SSSR count). The third-order valence-electron chi connectivity index (χ3n) is 5.92. The average molecular weight is 402 g/mol. The first kappa shape index (κ1) is 21.1. The molecule has 2 aliphatic rings. The number of nitro benzene ring substituents is 1. The molecule has 0 bridgehead atoms. The van der Waals surface area contributed by atoms with Crippen LogP contribution in [0.25, 0.3) is 0 Å². The molecule has 1 aliphatic heterocycles. The van der Waals surface area contributed by atoms with E-state index in [0.717, 1.165) is 12.8 Å². The molecule has 1 saturated carbocycles. The summed E-state index contributed by atoms with van der Waals surface area (Å²) in [6.07, 6.45) is 3.23. The van der Waals surface area contributed by atoms with Crippen molar-refractivity contribution in [3.8, 4) is 0 Å². The molecule has 8 nitrogen and oxygen atoms in total. The summed E-state index contributed by atoms with van der Waals surface area (Å²) in [5, 5.41) is 17.5. The van der Waals surface area contributed by atoms with Crippen LogP contribution in [0.3, 0.4) is 0 Å². The van der Waals surface area contributed by atoms with E-state index >= 15 is 0 Å². The maximum Gasteiger partial charge on any atom is 0.293 e. The number of piperidine rings is 1. The first-order chi connectivity index (χ1) is 13.8. The molecule has 1 aromatic carbocycles. The molecule has 1 saturated heterocycles. The van der Waals surface area contributed by atoms with E-state index in [9.17, 15) is 19.7 Å². The highest BCUT2D eigenvalue weighted by atomic mass is 16.6. The molecule has 29 heavy (non-hydrogen) atoms. The molecule has 1 atom stereocenters. The Labute approximate surface area is 171 Å². The third-order valence-corrected chi connectivity index (χ3v) is 5.92. The van der Waals surface area contributed by atoms with Gasteiger partial charge in [0.2, 0.25) is 5.91 Å². The number of hydrogen-bond acceptors (Lipinski definition) is 5. The summed E-state index contributed by atoms with van der Waals surface area (Å²) in [4.78, 5) is 37.8. The summed E-state index contributed by atoms with van der Waals surface area (Å²) in [6.45, 7) is 7.29. The number of anilines is 1. The lowest BCUT2D eigenvalue weighted by molar-refractivity contribution is -0.384. The Bertz CT molecular complexity index is 783. The van der Waals surface area contributed by atoms with Gasteiger partial charge in [0, 0.05) is 42.7 Å². The lowest BCUT2D eigenvalue weighted by Gasteiger charge is -2.33. The molecule has 8 heteroatoms. The summed E-state index contributed by atoms with van der Waals surface area (Å²) in [7, 11) is 0. The lowest BCUT2D eigenvalue weighted by Crippen LogP contribution is -2.44. The van der Waals surface area contributed by atoms with Gasteiger partial charge in [-0.1, -0.05) is 13.8 Å². The van der Waals surface area contributed by atoms with Gasteiger partial charge in [0.05, 0.1) is 4.92 Å². The van der Waals surface area contributed by atoms with Gasteiger partial charge in [0.1, 0.15) is 5.69 Å². The smallest absolute Gasteiger partial charge is 0.293 e. The fourth-order valence-corrected chi connectivity index (χ4v) is 3.47. The molecule has 1 aliphatic carbocycles. The van der Waals surface area contributed by atoms with Gasteiger partial charge in [-0.25, -0.2) is 0 Å². The first-order valence-corrected chi connectivity index (χ1v) is 10.4. The van der Waals surface area contributed by atoms with E-state index in [1.807, 2.05) is 11.8 Å². The van der Waals surface area contributed by atoms with Crippen molar-refractivity contribution >= 4 is 23.2 Å². The van der Waals surface area contributed by atoms with E-state index in [1.165, 1.54) is 6.07 Å². The molecule has 0 radical (unpaired) electrons. The van der Waals surface area contributed by atoms with Crippen LogP contribution in [0.15, 0.2) is 18.2 Å². The molecule has 2 fully saturated rings. The Morgan fingerprint density at radius 2 is 1.79 bits per heavy atom. The summed E-state index contributed by atoms with van der Waals surface area (Å²) >= 11 is 0. The maximum atomic E-state index is 12.5. The van der Waals surface area contributed by atoms with Gasteiger partial charge in [-0.15, -0.1) is 0 Å². The predicted molar refractivity (Wildman–Crippen MR) is 111 cm³/mol. The van der Waals surface area contributed by atoms with Crippen molar-refractivity contribution in [2.45, 2.75) is 58.5 Å². The third kappa shape index (κ3) is 5.25. The van der Waals surface area contributed by atoms with Crippen LogP contribution in [0.4, 0.5) is 11.4 Å². The van der Waals surface area contributed by atoms with Crippen molar-refractivity contribution in [2.24, 2.45) is 11.8 Å². The van der Waals surface area contributed by atoms with Crippen LogP contribution in [0.1, 0.15) is 56.8 Å². The van der Waals surface area contributed by atoms with Crippen molar-refractivity contribution in [1.82, 2.24) is 10.6 Å². The molecule has 0 spiro atoms. The number of carbonyl (C=O) groups is 2. The van der Waals surface area contributed by atoms with Crippen LogP contribution in [0.2, 0.25) is 0 Å². The average Bonchev–Trinajstić information content (AvgIpc) is 3.51. The molecular formula is C21H30N4O4. The zero-order chi connectivity index (χ0) is 21.1. The lowest BCUT2D eigenvalue weighted by atomic mass is 9.94. The number of nitrogens with one attached hydrogen (secondary N) is 2. The predicted octanol–water partition coefficient (Wildman–Crippen LogP) is 2.86. The number of nitro groups is 1. The summed E-state index contributed by atoms with van der Waals surface area (Å²) in [5.41, 5.74) is 0.751. The zero-order valence-corrected chi connectivity index (χ0v) is 17.3. The van der Waals surface area contributed by atoms with Crippen molar-refractivity contribution in [3.63, 3.8) is 0 Å². The highest BCUT2D eigenvalue weighted by Crippen LogP contribution is 2.33. The minimum atomic E-state index is -0.438. The Kier molecular flexibility index (Phi) is 6.39.